The molecule has 19 heteroatoms. The van der Waals surface area contributed by atoms with E-state index in [-0.39, 0.29) is 32.3 Å². The zero-order valence-electron chi connectivity index (χ0n) is 45.3. The van der Waals surface area contributed by atoms with Gasteiger partial charge in [0.25, 0.3) is 0 Å². The van der Waals surface area contributed by atoms with Crippen molar-refractivity contribution in [2.24, 2.45) is 5.73 Å². The molecule has 0 aromatic heterocycles. The fourth-order valence-corrected chi connectivity index (χ4v) is 8.63. The van der Waals surface area contributed by atoms with E-state index in [1.807, 2.05) is 0 Å². The van der Waals surface area contributed by atoms with Crippen LogP contribution >= 0.6 is 0 Å². The highest BCUT2D eigenvalue weighted by molar-refractivity contribution is 5.91. The summed E-state index contributed by atoms with van der Waals surface area (Å²) < 4.78 is 27.6. The maximum Gasteiger partial charge on any atom is 0.328 e. The topological polar surface area (TPSA) is 288 Å². The maximum atomic E-state index is 13.5. The molecular formula is C54H98N4O15. The van der Waals surface area contributed by atoms with E-state index in [2.05, 4.69) is 29.8 Å². The van der Waals surface area contributed by atoms with Crippen molar-refractivity contribution in [3.8, 4) is 0 Å². The second-order valence-electron chi connectivity index (χ2n) is 19.9. The third-order valence-electron chi connectivity index (χ3n) is 13.1. The molecule has 0 aromatic carbocycles. The summed E-state index contributed by atoms with van der Waals surface area (Å²) in [4.78, 5) is 89.5. The molecule has 1 fully saturated rings. The van der Waals surface area contributed by atoms with Crippen molar-refractivity contribution in [1.29, 1.82) is 0 Å². The van der Waals surface area contributed by atoms with Gasteiger partial charge >= 0.3 is 17.9 Å². The Morgan fingerprint density at radius 2 is 1.05 bits per heavy atom. The summed E-state index contributed by atoms with van der Waals surface area (Å²) in [6, 6.07) is -4.07. The lowest BCUT2D eigenvalue weighted by molar-refractivity contribution is -0.266. The molecule has 1 aliphatic heterocycles. The van der Waals surface area contributed by atoms with Crippen LogP contribution in [0.3, 0.4) is 0 Å². The molecule has 73 heavy (non-hydrogen) atoms. The minimum atomic E-state index is -1.70. The maximum absolute atomic E-state index is 13.5. The number of aliphatic hydroxyl groups excluding tert-OH is 3. The number of ether oxygens (including phenoxy) is 5. The smallest absolute Gasteiger partial charge is 0.328 e. The lowest BCUT2D eigenvalue weighted by atomic mass is 9.96. The zero-order chi connectivity index (χ0) is 54.2. The highest BCUT2D eigenvalue weighted by Crippen LogP contribution is 2.24. The second kappa shape index (κ2) is 42.3. The Morgan fingerprint density at radius 1 is 0.603 bits per heavy atom. The van der Waals surface area contributed by atoms with Crippen molar-refractivity contribution in [3.05, 3.63) is 0 Å². The molecule has 0 aromatic rings. The predicted molar refractivity (Wildman–Crippen MR) is 276 cm³/mol. The van der Waals surface area contributed by atoms with E-state index < -0.39 is 110 Å². The molecule has 0 radical (unpaired) electrons. The molecule has 1 saturated heterocycles. The summed E-state index contributed by atoms with van der Waals surface area (Å²) in [7, 11) is 0. The van der Waals surface area contributed by atoms with Crippen molar-refractivity contribution in [2.75, 3.05) is 19.8 Å². The van der Waals surface area contributed by atoms with Crippen LogP contribution in [0.15, 0.2) is 0 Å². The zero-order valence-corrected chi connectivity index (χ0v) is 45.3. The highest BCUT2D eigenvalue weighted by atomic mass is 16.6. The van der Waals surface area contributed by atoms with Gasteiger partial charge in [-0.3, -0.25) is 28.8 Å². The molecule has 0 bridgehead atoms. The number of primary amides is 1. The number of nitrogens with one attached hydrogen (secondary N) is 3. The summed E-state index contributed by atoms with van der Waals surface area (Å²) in [5.74, 6) is -5.11. The minimum Gasteiger partial charge on any atom is -0.462 e. The van der Waals surface area contributed by atoms with E-state index in [0.717, 1.165) is 51.9 Å². The number of esters is 3. The highest BCUT2D eigenvalue weighted by Gasteiger charge is 2.47. The van der Waals surface area contributed by atoms with E-state index in [9.17, 15) is 48.9 Å². The number of aliphatic hydroxyl groups is 3. The van der Waals surface area contributed by atoms with Gasteiger partial charge in [-0.15, -0.1) is 0 Å². The molecule has 19 nitrogen and oxygen atoms in total. The van der Waals surface area contributed by atoms with Crippen LogP contribution in [0.5, 0.6) is 0 Å². The van der Waals surface area contributed by atoms with Gasteiger partial charge in [0.15, 0.2) is 12.4 Å². The van der Waals surface area contributed by atoms with Gasteiger partial charge in [0.05, 0.1) is 6.61 Å². The Labute approximate surface area is 436 Å². The van der Waals surface area contributed by atoms with E-state index in [4.69, 9.17) is 29.4 Å². The lowest BCUT2D eigenvalue weighted by Crippen LogP contribution is -2.65. The van der Waals surface area contributed by atoms with Gasteiger partial charge in [0.2, 0.25) is 23.6 Å². The summed E-state index contributed by atoms with van der Waals surface area (Å²) in [5.41, 5.74) is 5.37. The molecule has 0 aliphatic carbocycles. The van der Waals surface area contributed by atoms with Crippen molar-refractivity contribution in [2.45, 2.75) is 282 Å². The van der Waals surface area contributed by atoms with Crippen LogP contribution in [0.2, 0.25) is 0 Å². The fourth-order valence-electron chi connectivity index (χ4n) is 8.63. The van der Waals surface area contributed by atoms with Crippen LogP contribution in [0.1, 0.15) is 227 Å². The third-order valence-corrected chi connectivity index (χ3v) is 13.1. The van der Waals surface area contributed by atoms with E-state index in [1.165, 1.54) is 123 Å². The Hall–Kier alpha value is -3.91. The average molecular weight is 1040 g/mol. The summed E-state index contributed by atoms with van der Waals surface area (Å²) >= 11 is 0. The Bertz CT molecular complexity index is 1540. The molecule has 424 valence electrons. The number of hydrogen-bond donors (Lipinski definition) is 7. The summed E-state index contributed by atoms with van der Waals surface area (Å²) in [6.07, 6.45) is 21.2. The van der Waals surface area contributed by atoms with Crippen LogP contribution in [0, 0.1) is 0 Å². The first-order valence-electron chi connectivity index (χ1n) is 28.0. The van der Waals surface area contributed by atoms with Gasteiger partial charge in [-0.25, -0.2) is 4.79 Å². The van der Waals surface area contributed by atoms with Crippen molar-refractivity contribution < 1.29 is 72.6 Å². The first-order valence-corrected chi connectivity index (χ1v) is 28.0. The summed E-state index contributed by atoms with van der Waals surface area (Å²) in [6.45, 7) is 6.61. The van der Waals surface area contributed by atoms with Gasteiger partial charge in [0.1, 0.15) is 55.8 Å². The van der Waals surface area contributed by atoms with Crippen molar-refractivity contribution in [3.63, 3.8) is 0 Å². The summed E-state index contributed by atoms with van der Waals surface area (Å²) in [5, 5.41) is 38.1. The van der Waals surface area contributed by atoms with Crippen LogP contribution in [0.4, 0.5) is 0 Å². The molecule has 0 saturated carbocycles. The quantitative estimate of drug-likeness (QED) is 0.0193. The molecule has 1 aliphatic rings. The number of rotatable bonds is 45. The van der Waals surface area contributed by atoms with Crippen molar-refractivity contribution in [1.82, 2.24) is 16.0 Å². The number of carbonyl (C=O) groups is 7. The van der Waals surface area contributed by atoms with Crippen molar-refractivity contribution >= 4 is 41.5 Å². The van der Waals surface area contributed by atoms with Gasteiger partial charge in [0, 0.05) is 26.2 Å². The number of carbonyl (C=O) groups excluding carboxylic acids is 7. The van der Waals surface area contributed by atoms with E-state index >= 15 is 0 Å². The second-order valence-corrected chi connectivity index (χ2v) is 19.9. The molecule has 1 heterocycles. The van der Waals surface area contributed by atoms with Crippen LogP contribution < -0.4 is 21.7 Å². The van der Waals surface area contributed by atoms with Crippen LogP contribution in [-0.2, 0) is 57.2 Å². The average Bonchev–Trinajstić information content (AvgIpc) is 3.35. The standard InChI is InChI=1S/C54H98N4O15/c1-6-8-10-12-14-16-18-20-22-24-26-28-30-32-46(62)69-37-42(72-47(63)33-31-29-27-25-23-21-19-17-15-13-11-9-7-2)38-70-53(67)43(34-35-45(55)61)58-51(65)39(3)56-52(66)40(4)71-50-48(57-41(5)60)54(68)73-44(36-59)49(50)64/h39-40,42-44,48-50,54,59,64,68H,6-38H2,1-5H3,(H2,55,61)(H,56,66)(H,57,60)(H,58,65). The molecule has 4 amide bonds. The fraction of sp³-hybridized carbons (Fsp3) is 0.870. The molecule has 9 unspecified atom stereocenters. The lowest BCUT2D eigenvalue weighted by Gasteiger charge is -2.43. The minimum absolute atomic E-state index is 0.121. The third kappa shape index (κ3) is 32.9. The molecular weight excluding hydrogens is 945 g/mol. The van der Waals surface area contributed by atoms with Gasteiger partial charge in [-0.05, 0) is 33.1 Å². The molecule has 9 atom stereocenters. The van der Waals surface area contributed by atoms with Crippen LogP contribution in [-0.4, -0.2) is 132 Å². The normalized spacial score (nSPS) is 19.2. The Kier molecular flexibility index (Phi) is 38.9. The molecule has 0 spiro atoms. The van der Waals surface area contributed by atoms with Gasteiger partial charge in [-0.1, -0.05) is 168 Å². The number of nitrogens with two attached hydrogens (primary N) is 1. The number of hydrogen-bond acceptors (Lipinski definition) is 15. The molecule has 8 N–H and O–H groups in total. The Morgan fingerprint density at radius 3 is 1.51 bits per heavy atom. The van der Waals surface area contributed by atoms with E-state index in [1.54, 1.807) is 0 Å². The SMILES string of the molecule is CCCCCCCCCCCCCCCC(=O)OCC(COC(=O)C(CCC(N)=O)NC(=O)C(C)NC(=O)C(C)OC1C(O)C(CO)OC(O)C1NC(C)=O)OC(=O)CCCCCCCCCCCCCCC. The number of unbranched alkanes of at least 4 members (excludes halogenated alkanes) is 24. The number of amides is 4. The van der Waals surface area contributed by atoms with Crippen LogP contribution in [0.25, 0.3) is 0 Å². The predicted octanol–water partition coefficient (Wildman–Crippen LogP) is 6.55. The van der Waals surface area contributed by atoms with Gasteiger partial charge < -0.3 is 60.7 Å². The Balaban J connectivity index is 2.83. The largest absolute Gasteiger partial charge is 0.462 e. The molecule has 1 rings (SSSR count). The van der Waals surface area contributed by atoms with E-state index in [0.29, 0.717) is 12.8 Å². The van der Waals surface area contributed by atoms with Gasteiger partial charge in [-0.2, -0.15) is 0 Å². The monoisotopic (exact) mass is 1040 g/mol. The first kappa shape index (κ1) is 67.1. The first-order chi connectivity index (χ1) is 35.0.